The summed E-state index contributed by atoms with van der Waals surface area (Å²) in [4.78, 5) is 29.8. The molecule has 0 bridgehead atoms. The molecule has 0 radical (unpaired) electrons. The molecule has 5 rings (SSSR count). The molecule has 4 aromatic rings. The van der Waals surface area contributed by atoms with E-state index >= 15 is 0 Å². The van der Waals surface area contributed by atoms with Crippen LogP contribution in [0.2, 0.25) is 0 Å². The van der Waals surface area contributed by atoms with Crippen molar-refractivity contribution in [2.24, 2.45) is 0 Å². The molecule has 3 aromatic carbocycles. The predicted molar refractivity (Wildman–Crippen MR) is 152 cm³/mol. The van der Waals surface area contributed by atoms with Gasteiger partial charge in [-0.05, 0) is 40.5 Å². The summed E-state index contributed by atoms with van der Waals surface area (Å²) in [6.07, 6.45) is -3.71. The fourth-order valence-corrected chi connectivity index (χ4v) is 6.25. The molecule has 12 heteroatoms. The van der Waals surface area contributed by atoms with Crippen LogP contribution in [0.3, 0.4) is 0 Å². The highest BCUT2D eigenvalue weighted by Gasteiger charge is 2.42. The molecule has 1 aromatic heterocycles. The Hall–Kier alpha value is -4.55. The summed E-state index contributed by atoms with van der Waals surface area (Å²) in [7, 11) is -3.80. The number of halogens is 3. The number of pyridine rings is 1. The molecule has 1 amide bonds. The molecule has 0 spiro atoms. The zero-order valence-electron chi connectivity index (χ0n) is 22.6. The Kier molecular flexibility index (Phi) is 8.60. The summed E-state index contributed by atoms with van der Waals surface area (Å²) < 4.78 is 71.0. The highest BCUT2D eigenvalue weighted by atomic mass is 32.2. The van der Waals surface area contributed by atoms with E-state index in [0.29, 0.717) is 35.5 Å². The van der Waals surface area contributed by atoms with Crippen molar-refractivity contribution in [2.45, 2.75) is 37.5 Å². The van der Waals surface area contributed by atoms with Crippen LogP contribution in [-0.2, 0) is 39.2 Å². The van der Waals surface area contributed by atoms with E-state index in [1.165, 1.54) is 6.07 Å². The molecule has 1 atom stereocenters. The molecule has 1 N–H and O–H groups in total. The van der Waals surface area contributed by atoms with Crippen molar-refractivity contribution in [1.82, 2.24) is 14.6 Å². The first-order chi connectivity index (χ1) is 20.5. The van der Waals surface area contributed by atoms with E-state index in [-0.39, 0.29) is 18.7 Å². The number of nitrogens with zero attached hydrogens (tertiary/aromatic N) is 2. The van der Waals surface area contributed by atoms with Crippen LogP contribution in [0.5, 0.6) is 5.75 Å². The molecule has 8 nitrogen and oxygen atoms in total. The van der Waals surface area contributed by atoms with Gasteiger partial charge in [-0.15, -0.1) is 0 Å². The number of hydrogen-bond donors (Lipinski definition) is 1. The van der Waals surface area contributed by atoms with E-state index in [0.717, 1.165) is 11.1 Å². The number of esters is 1. The number of amides is 1. The summed E-state index contributed by atoms with van der Waals surface area (Å²) in [5.74, 6) is -3.09. The third-order valence-corrected chi connectivity index (χ3v) is 8.57. The van der Waals surface area contributed by atoms with E-state index in [1.807, 2.05) is 27.8 Å². The van der Waals surface area contributed by atoms with Crippen molar-refractivity contribution in [2.75, 3.05) is 0 Å². The second-order valence-electron chi connectivity index (χ2n) is 10.0. The first-order valence-electron chi connectivity index (χ1n) is 13.2. The van der Waals surface area contributed by atoms with Crippen LogP contribution in [0.25, 0.3) is 11.1 Å². The average Bonchev–Trinajstić information content (AvgIpc) is 3.26. The maximum atomic E-state index is 13.2. The molecule has 1 aliphatic rings. The van der Waals surface area contributed by atoms with E-state index in [1.54, 1.807) is 72.9 Å². The zero-order valence-corrected chi connectivity index (χ0v) is 23.4. The van der Waals surface area contributed by atoms with Gasteiger partial charge in [0, 0.05) is 31.4 Å². The van der Waals surface area contributed by atoms with Gasteiger partial charge in [-0.3, -0.25) is 19.4 Å². The smallest absolute Gasteiger partial charge is 0.420 e. The summed E-state index contributed by atoms with van der Waals surface area (Å²) >= 11 is 0. The molecular weight excluding hydrogens is 583 g/mol. The van der Waals surface area contributed by atoms with Gasteiger partial charge in [-0.2, -0.15) is 13.2 Å². The fraction of sp³-hybridized carbons (Fsp3) is 0.194. The maximum Gasteiger partial charge on any atom is 0.491 e. The Labute approximate surface area is 246 Å². The first kappa shape index (κ1) is 29.9. The SMILES string of the molecule is O=C1CC(c2ccc(CN(Cc3ccccn3)Cc3ccc(-c4ccccc4)cc3OC(=O)C(F)(F)F)cc2)S(=O)(=O)N1. The van der Waals surface area contributed by atoms with Gasteiger partial charge in [0.2, 0.25) is 15.9 Å². The lowest BCUT2D eigenvalue weighted by molar-refractivity contribution is -0.189. The number of carbonyl (C=O) groups excluding carboxylic acids is 2. The van der Waals surface area contributed by atoms with Crippen LogP contribution in [0.15, 0.2) is 97.2 Å². The molecule has 0 aliphatic carbocycles. The molecule has 2 heterocycles. The Morgan fingerprint density at radius 3 is 2.26 bits per heavy atom. The Bertz CT molecular complexity index is 1720. The van der Waals surface area contributed by atoms with Crippen LogP contribution < -0.4 is 9.46 Å². The number of nitrogens with one attached hydrogen (secondary N) is 1. The number of sulfonamides is 1. The minimum Gasteiger partial charge on any atom is -0.420 e. The van der Waals surface area contributed by atoms with E-state index in [9.17, 15) is 31.2 Å². The topological polar surface area (TPSA) is 106 Å². The number of rotatable bonds is 9. The predicted octanol–water partition coefficient (Wildman–Crippen LogP) is 5.31. The van der Waals surface area contributed by atoms with E-state index in [2.05, 4.69) is 4.98 Å². The van der Waals surface area contributed by atoms with Crippen molar-refractivity contribution in [1.29, 1.82) is 0 Å². The summed E-state index contributed by atoms with van der Waals surface area (Å²) in [5.41, 5.74) is 3.63. The minimum absolute atomic E-state index is 0.100. The molecular formula is C31H26F3N3O5S. The lowest BCUT2D eigenvalue weighted by Gasteiger charge is -2.24. The molecule has 1 saturated heterocycles. The van der Waals surface area contributed by atoms with E-state index < -0.39 is 33.3 Å². The summed E-state index contributed by atoms with van der Waals surface area (Å²) in [6, 6.07) is 25.9. The summed E-state index contributed by atoms with van der Waals surface area (Å²) in [6.45, 7) is 0.715. The molecule has 1 fully saturated rings. The van der Waals surface area contributed by atoms with Crippen LogP contribution >= 0.6 is 0 Å². The average molecular weight is 610 g/mol. The standard InChI is InChI=1S/C31H26F3N3O5S/c32-31(33,34)30(39)42-27-16-24(22-6-2-1-3-7-22)13-14-25(27)19-37(20-26-8-4-5-15-35-26)18-21-9-11-23(12-10-21)28-17-29(38)36-43(28,40)41/h1-16,28H,17-20H2,(H,36,38). The van der Waals surface area contributed by atoms with Gasteiger partial charge in [0.05, 0.1) is 12.1 Å². The molecule has 43 heavy (non-hydrogen) atoms. The number of carbonyl (C=O) groups is 2. The maximum absolute atomic E-state index is 13.2. The Balaban J connectivity index is 1.44. The monoisotopic (exact) mass is 609 g/mol. The van der Waals surface area contributed by atoms with Crippen molar-refractivity contribution in [3.05, 3.63) is 120 Å². The number of ether oxygens (including phenoxy) is 1. The second-order valence-corrected chi connectivity index (χ2v) is 11.9. The quantitative estimate of drug-likeness (QED) is 0.203. The highest BCUT2D eigenvalue weighted by molar-refractivity contribution is 7.90. The first-order valence-corrected chi connectivity index (χ1v) is 14.8. The van der Waals surface area contributed by atoms with Gasteiger partial charge in [0.25, 0.3) is 0 Å². The second kappa shape index (κ2) is 12.4. The molecule has 1 unspecified atom stereocenters. The van der Waals surface area contributed by atoms with Crippen LogP contribution in [0.4, 0.5) is 13.2 Å². The van der Waals surface area contributed by atoms with Gasteiger partial charge in [0.15, 0.2) is 0 Å². The van der Waals surface area contributed by atoms with Crippen molar-refractivity contribution in [3.63, 3.8) is 0 Å². The lowest BCUT2D eigenvalue weighted by atomic mass is 10.0. The van der Waals surface area contributed by atoms with E-state index in [4.69, 9.17) is 4.74 Å². The fourth-order valence-electron chi connectivity index (χ4n) is 4.82. The third-order valence-electron chi connectivity index (χ3n) is 6.87. The number of hydrogen-bond acceptors (Lipinski definition) is 7. The zero-order chi connectivity index (χ0) is 30.6. The summed E-state index contributed by atoms with van der Waals surface area (Å²) in [5, 5.41) is -0.979. The van der Waals surface area contributed by atoms with Gasteiger partial charge in [-0.25, -0.2) is 13.2 Å². The van der Waals surface area contributed by atoms with Gasteiger partial charge < -0.3 is 4.74 Å². The number of alkyl halides is 3. The molecule has 1 aliphatic heterocycles. The van der Waals surface area contributed by atoms with Crippen molar-refractivity contribution < 1.29 is 35.9 Å². The Morgan fingerprint density at radius 1 is 0.907 bits per heavy atom. The molecule has 222 valence electrons. The number of aromatic nitrogens is 1. The van der Waals surface area contributed by atoms with Gasteiger partial charge in [-0.1, -0.05) is 72.8 Å². The lowest BCUT2D eigenvalue weighted by Crippen LogP contribution is -2.29. The van der Waals surface area contributed by atoms with Crippen molar-refractivity contribution >= 4 is 21.9 Å². The van der Waals surface area contributed by atoms with Crippen LogP contribution in [-0.4, -0.2) is 36.4 Å². The van der Waals surface area contributed by atoms with Gasteiger partial charge >= 0.3 is 12.1 Å². The molecule has 0 saturated carbocycles. The minimum atomic E-state index is -5.18. The Morgan fingerprint density at radius 2 is 1.63 bits per heavy atom. The highest BCUT2D eigenvalue weighted by Crippen LogP contribution is 2.32. The van der Waals surface area contributed by atoms with Crippen LogP contribution in [0.1, 0.15) is 34.1 Å². The number of benzene rings is 3. The van der Waals surface area contributed by atoms with Crippen LogP contribution in [0, 0.1) is 0 Å². The van der Waals surface area contributed by atoms with Gasteiger partial charge in [0.1, 0.15) is 11.0 Å². The normalized spacial score (nSPS) is 16.2. The van der Waals surface area contributed by atoms with Crippen molar-refractivity contribution in [3.8, 4) is 16.9 Å². The largest absolute Gasteiger partial charge is 0.491 e. The third kappa shape index (κ3) is 7.46.